The lowest BCUT2D eigenvalue weighted by Crippen LogP contribution is -2.65. The van der Waals surface area contributed by atoms with Crippen LogP contribution in [0.25, 0.3) is 0 Å². The Balaban J connectivity index is 1.12. The summed E-state index contributed by atoms with van der Waals surface area (Å²) in [4.78, 5) is 0. The Morgan fingerprint density at radius 3 is 1.07 bits per heavy atom. The van der Waals surface area contributed by atoms with Crippen molar-refractivity contribution in [1.29, 1.82) is 0 Å². The molecule has 0 aromatic heterocycles. The van der Waals surface area contributed by atoms with Crippen LogP contribution in [0.3, 0.4) is 0 Å². The summed E-state index contributed by atoms with van der Waals surface area (Å²) in [5, 5.41) is 170. The van der Waals surface area contributed by atoms with Gasteiger partial charge in [-0.15, -0.1) is 0 Å². The molecule has 6 saturated heterocycles. The summed E-state index contributed by atoms with van der Waals surface area (Å²) in [5.41, 5.74) is 0. The highest BCUT2D eigenvalue weighted by atomic mass is 16.8. The first-order chi connectivity index (χ1) is 31.7. The molecule has 30 atom stereocenters. The van der Waals surface area contributed by atoms with Crippen LogP contribution < -0.4 is 0 Å². The SMILES string of the molecule is CC1C(O)[C@H](OC2OC(CO)[C@H](O)[C@H](O)C2O)[C@H](CO)O[C@H]1O[C@@H]1C(O)[C@H](O)C(CO)O[C@@H]1OCC1O[C@@H](O[C@@H]2C(CO)O[C@@H](O[C@@H]3C(CO)O[C@@H](C)[C@@H](C)C3O)[C@@H](C)C2O)[C@H](O)C(O)[C@@H]1O. The summed E-state index contributed by atoms with van der Waals surface area (Å²) < 4.78 is 64.1. The maximum Gasteiger partial charge on any atom is 0.187 e. The molecule has 0 saturated carbocycles. The van der Waals surface area contributed by atoms with E-state index >= 15 is 0 Å². The van der Waals surface area contributed by atoms with Gasteiger partial charge in [0, 0.05) is 17.8 Å². The molecule has 6 fully saturated rings. The maximum absolute atomic E-state index is 11.5. The molecule has 0 spiro atoms. The summed E-state index contributed by atoms with van der Waals surface area (Å²) in [6.45, 7) is 1.88. The predicted molar refractivity (Wildman–Crippen MR) is 212 cm³/mol. The largest absolute Gasteiger partial charge is 0.394 e. The van der Waals surface area contributed by atoms with Gasteiger partial charge in [-0.05, 0) is 6.92 Å². The van der Waals surface area contributed by atoms with E-state index in [4.69, 9.17) is 52.1 Å². The van der Waals surface area contributed by atoms with Crippen molar-refractivity contribution in [3.63, 3.8) is 0 Å². The topological polar surface area (TPSA) is 425 Å². The van der Waals surface area contributed by atoms with Crippen molar-refractivity contribution >= 4 is 0 Å². The van der Waals surface area contributed by atoms with Gasteiger partial charge < -0.3 is 134 Å². The van der Waals surface area contributed by atoms with Crippen molar-refractivity contribution in [2.75, 3.05) is 39.6 Å². The Morgan fingerprint density at radius 2 is 0.627 bits per heavy atom. The van der Waals surface area contributed by atoms with E-state index in [1.165, 1.54) is 13.8 Å². The highest BCUT2D eigenvalue weighted by Crippen LogP contribution is 2.38. The second kappa shape index (κ2) is 23.6. The lowest BCUT2D eigenvalue weighted by atomic mass is 9.88. The maximum atomic E-state index is 11.5. The fourth-order valence-corrected chi connectivity index (χ4v) is 9.13. The molecule has 27 nitrogen and oxygen atoms in total. The van der Waals surface area contributed by atoms with Crippen molar-refractivity contribution in [2.24, 2.45) is 17.8 Å². The van der Waals surface area contributed by atoms with Crippen molar-refractivity contribution < 1.29 is 134 Å². The lowest BCUT2D eigenvalue weighted by molar-refractivity contribution is -0.384. The van der Waals surface area contributed by atoms with E-state index in [0.717, 1.165) is 0 Å². The molecule has 0 amide bonds. The Kier molecular flexibility index (Phi) is 19.5. The number of ether oxygens (including phenoxy) is 11. The highest BCUT2D eigenvalue weighted by molar-refractivity contribution is 4.98. The average Bonchev–Trinajstić information content (AvgIpc) is 3.32. The third kappa shape index (κ3) is 11.4. The fraction of sp³-hybridized carbons (Fsp3) is 1.00. The van der Waals surface area contributed by atoms with Gasteiger partial charge in [0.1, 0.15) is 110 Å². The van der Waals surface area contributed by atoms with Gasteiger partial charge in [-0.25, -0.2) is 0 Å². The molecule has 0 aromatic carbocycles. The molecule has 6 heterocycles. The average molecular weight is 983 g/mol. The van der Waals surface area contributed by atoms with Crippen LogP contribution in [0.5, 0.6) is 0 Å². The van der Waals surface area contributed by atoms with E-state index in [1.54, 1.807) is 13.8 Å². The molecule has 13 unspecified atom stereocenters. The minimum Gasteiger partial charge on any atom is -0.394 e. The van der Waals surface area contributed by atoms with Gasteiger partial charge >= 0.3 is 0 Å². The normalized spacial score (nSPS) is 53.4. The van der Waals surface area contributed by atoms with E-state index in [1.807, 2.05) is 0 Å². The highest BCUT2D eigenvalue weighted by Gasteiger charge is 2.55. The monoisotopic (exact) mass is 982 g/mol. The van der Waals surface area contributed by atoms with E-state index in [2.05, 4.69) is 0 Å². The van der Waals surface area contributed by atoms with Gasteiger partial charge in [0.2, 0.25) is 0 Å². The minimum absolute atomic E-state index is 0.406. The van der Waals surface area contributed by atoms with Gasteiger partial charge in [-0.3, -0.25) is 0 Å². The van der Waals surface area contributed by atoms with Crippen LogP contribution in [0.1, 0.15) is 27.7 Å². The molecule has 0 aliphatic carbocycles. The van der Waals surface area contributed by atoms with Crippen LogP contribution in [-0.2, 0) is 52.1 Å². The first-order valence-corrected chi connectivity index (χ1v) is 22.4. The molecule has 0 radical (unpaired) electrons. The van der Waals surface area contributed by atoms with Gasteiger partial charge in [0.05, 0.1) is 64.1 Å². The zero-order chi connectivity index (χ0) is 49.3. The second-order valence-electron chi connectivity index (χ2n) is 18.2. The smallest absolute Gasteiger partial charge is 0.187 e. The second-order valence-corrected chi connectivity index (χ2v) is 18.2. The van der Waals surface area contributed by atoms with Gasteiger partial charge in [0.25, 0.3) is 0 Å². The number of hydrogen-bond donors (Lipinski definition) is 16. The summed E-state index contributed by atoms with van der Waals surface area (Å²) in [6.07, 6.45) is -41.7. The Morgan fingerprint density at radius 1 is 0.299 bits per heavy atom. The zero-order valence-electron chi connectivity index (χ0n) is 37.2. The number of rotatable bonds is 16. The van der Waals surface area contributed by atoms with Gasteiger partial charge in [-0.2, -0.15) is 0 Å². The van der Waals surface area contributed by atoms with Gasteiger partial charge in [0.15, 0.2) is 31.5 Å². The number of hydrogen-bond acceptors (Lipinski definition) is 27. The summed E-state index contributed by atoms with van der Waals surface area (Å²) in [6, 6.07) is 0. The summed E-state index contributed by atoms with van der Waals surface area (Å²) in [7, 11) is 0. The molecule has 27 heteroatoms. The quantitative estimate of drug-likeness (QED) is 0.0683. The molecular formula is C40H70O27. The molecule has 67 heavy (non-hydrogen) atoms. The van der Waals surface area contributed by atoms with Crippen molar-refractivity contribution in [2.45, 2.75) is 193 Å². The van der Waals surface area contributed by atoms with Crippen molar-refractivity contribution in [3.8, 4) is 0 Å². The van der Waals surface area contributed by atoms with Gasteiger partial charge in [-0.1, -0.05) is 20.8 Å². The minimum atomic E-state index is -1.98. The van der Waals surface area contributed by atoms with E-state index in [0.29, 0.717) is 0 Å². The van der Waals surface area contributed by atoms with Crippen LogP contribution in [-0.4, -0.2) is 287 Å². The third-order valence-electron chi connectivity index (χ3n) is 13.8. The Bertz CT molecular complexity index is 1500. The number of aliphatic hydroxyl groups excluding tert-OH is 16. The predicted octanol–water partition coefficient (Wildman–Crippen LogP) is -9.20. The lowest BCUT2D eigenvalue weighted by Gasteiger charge is -2.49. The first-order valence-electron chi connectivity index (χ1n) is 22.4. The Hall–Kier alpha value is -1.08. The molecule has 392 valence electrons. The van der Waals surface area contributed by atoms with Crippen LogP contribution >= 0.6 is 0 Å². The summed E-state index contributed by atoms with van der Waals surface area (Å²) >= 11 is 0. The molecule has 6 rings (SSSR count). The van der Waals surface area contributed by atoms with Crippen LogP contribution in [0.2, 0.25) is 0 Å². The standard InChI is InChI=1S/C40H70O27/c1-11-14(4)58-17(7-43)32(21(11)46)64-36-12(2)22(47)34(18(8-44)61-36)66-39-31(56)28(53)26(51)20(63-39)10-57-40-35(29(54)25(50)16(6-42)60-40)67-37-13(3)23(48)33(19(9-45)62-37)65-38-30(55)27(52)24(49)15(5-41)59-38/h11-56H,5-10H2,1-4H3/t11-,12+,13?,14+,15?,16?,17?,18?,19+,20?,21?,22?,23?,24+,25-,26-,27+,28?,29?,30?,31-,32-,33-,34-,35-,36+,37+,38?,39+,40+/m1/s1. The third-order valence-corrected chi connectivity index (χ3v) is 13.8. The molecule has 16 N–H and O–H groups in total. The van der Waals surface area contributed by atoms with Crippen LogP contribution in [0.4, 0.5) is 0 Å². The van der Waals surface area contributed by atoms with Crippen LogP contribution in [0.15, 0.2) is 0 Å². The Labute approximate surface area is 384 Å². The van der Waals surface area contributed by atoms with E-state index in [9.17, 15) is 81.7 Å². The van der Waals surface area contributed by atoms with Crippen molar-refractivity contribution in [3.05, 3.63) is 0 Å². The molecule has 0 bridgehead atoms. The molecule has 0 aromatic rings. The first kappa shape index (κ1) is 55.2. The summed E-state index contributed by atoms with van der Waals surface area (Å²) in [5.74, 6) is -2.48. The zero-order valence-corrected chi connectivity index (χ0v) is 37.2. The van der Waals surface area contributed by atoms with E-state index in [-0.39, 0.29) is 0 Å². The van der Waals surface area contributed by atoms with E-state index < -0.39 is 223 Å². The van der Waals surface area contributed by atoms with Crippen LogP contribution in [0, 0.1) is 17.8 Å². The molecular weight excluding hydrogens is 912 g/mol. The number of aliphatic hydroxyl groups is 16. The van der Waals surface area contributed by atoms with Crippen molar-refractivity contribution in [1.82, 2.24) is 0 Å². The molecule has 6 aliphatic heterocycles. The molecule has 6 aliphatic rings. The fourth-order valence-electron chi connectivity index (χ4n) is 9.13.